The van der Waals surface area contributed by atoms with Crippen molar-refractivity contribution in [1.29, 1.82) is 0 Å². The summed E-state index contributed by atoms with van der Waals surface area (Å²) < 4.78 is 214. The largest absolute Gasteiger partial charge is 0.392 e. The number of hydrogen-bond donors (Lipinski definition) is 1. The smallest absolute Gasteiger partial charge is 0.344 e. The van der Waals surface area contributed by atoms with Crippen LogP contribution in [0.15, 0.2) is 30.3 Å². The minimum Gasteiger partial charge on any atom is -0.344 e. The molecule has 1 atom stereocenters. The number of alkyl halides is 16. The third-order valence-corrected chi connectivity index (χ3v) is 4.87. The van der Waals surface area contributed by atoms with E-state index >= 15 is 0 Å². The van der Waals surface area contributed by atoms with E-state index in [1.807, 2.05) is 0 Å². The summed E-state index contributed by atoms with van der Waals surface area (Å²) in [7, 11) is 0. The summed E-state index contributed by atoms with van der Waals surface area (Å²) in [5.74, 6) is -59.6. The Kier molecular flexibility index (Phi) is 8.31. The number of carbonyl (C=O) groups excluding carboxylic acids is 1. The van der Waals surface area contributed by atoms with Gasteiger partial charge in [0.1, 0.15) is 0 Å². The maximum atomic E-state index is 14.0. The molecule has 0 heterocycles. The summed E-state index contributed by atoms with van der Waals surface area (Å²) in [4.78, 5) is 11.6. The molecule has 1 rings (SSSR count). The molecule has 0 aliphatic carbocycles. The second kappa shape index (κ2) is 9.46. The molecule has 1 aromatic carbocycles. The number of halogens is 16. The number of hydrogen-bond acceptors (Lipinski definition) is 1. The van der Waals surface area contributed by atoms with Gasteiger partial charge >= 0.3 is 47.9 Å². The van der Waals surface area contributed by atoms with Gasteiger partial charge in [0.25, 0.3) is 5.91 Å². The van der Waals surface area contributed by atoms with Crippen LogP contribution >= 0.6 is 0 Å². The fraction of sp³-hybridized carbons (Fsp3) is 0.611. The molecule has 1 N–H and O–H groups in total. The van der Waals surface area contributed by atoms with Crippen LogP contribution < -0.4 is 5.32 Å². The first-order valence-corrected chi connectivity index (χ1v) is 9.18. The fourth-order valence-electron chi connectivity index (χ4n) is 2.63. The number of carbonyl (C=O) groups is 1. The second-order valence-electron chi connectivity index (χ2n) is 7.22. The van der Waals surface area contributed by atoms with Crippen LogP contribution in [0.25, 0.3) is 0 Å². The summed E-state index contributed by atoms with van der Waals surface area (Å²) in [6, 6.07) is 4.31. The molecule has 208 valence electrons. The van der Waals surface area contributed by atoms with Gasteiger partial charge < -0.3 is 5.32 Å². The average molecular weight is 563 g/mol. The minimum atomic E-state index is -8.54. The molecular weight excluding hydrogens is 550 g/mol. The van der Waals surface area contributed by atoms with Gasteiger partial charge in [-0.1, -0.05) is 37.3 Å². The molecule has 0 saturated heterocycles. The lowest BCUT2D eigenvalue weighted by Gasteiger charge is -2.42. The first-order valence-electron chi connectivity index (χ1n) is 9.18. The Morgan fingerprint density at radius 2 is 1.08 bits per heavy atom. The maximum Gasteiger partial charge on any atom is 0.392 e. The molecule has 0 aliphatic rings. The molecule has 36 heavy (non-hydrogen) atoms. The SMILES string of the molecule is CC[C@H](NC(=O)C(F)(F)C(F)(F)C(F)(F)C(F)(F)C(F)(F)C(F)(F)C(F)(F)C(F)F)c1ccccc1. The molecule has 0 unspecified atom stereocenters. The van der Waals surface area contributed by atoms with Crippen molar-refractivity contribution < 1.29 is 75.0 Å². The molecule has 2 nitrogen and oxygen atoms in total. The molecule has 1 aromatic rings. The van der Waals surface area contributed by atoms with E-state index in [0.717, 1.165) is 24.4 Å². The Balaban J connectivity index is 3.51. The molecule has 1 amide bonds. The molecule has 0 saturated carbocycles. The van der Waals surface area contributed by atoms with Crippen LogP contribution in [-0.4, -0.2) is 53.8 Å². The highest BCUT2D eigenvalue weighted by Gasteiger charge is 2.94. The van der Waals surface area contributed by atoms with Gasteiger partial charge in [0.2, 0.25) is 0 Å². The fourth-order valence-corrected chi connectivity index (χ4v) is 2.63. The van der Waals surface area contributed by atoms with Crippen molar-refractivity contribution in [2.75, 3.05) is 0 Å². The minimum absolute atomic E-state index is 0.120. The number of nitrogens with one attached hydrogen (secondary N) is 1. The van der Waals surface area contributed by atoms with Crippen LogP contribution in [0.3, 0.4) is 0 Å². The molecule has 0 fully saturated rings. The Morgan fingerprint density at radius 3 is 1.47 bits per heavy atom. The van der Waals surface area contributed by atoms with Crippen molar-refractivity contribution in [2.24, 2.45) is 0 Å². The zero-order valence-electron chi connectivity index (χ0n) is 17.2. The van der Waals surface area contributed by atoms with E-state index < -0.39 is 66.3 Å². The van der Waals surface area contributed by atoms with Gasteiger partial charge in [0, 0.05) is 0 Å². The van der Waals surface area contributed by atoms with Crippen molar-refractivity contribution in [2.45, 2.75) is 67.3 Å². The summed E-state index contributed by atoms with van der Waals surface area (Å²) >= 11 is 0. The van der Waals surface area contributed by atoms with E-state index in [9.17, 15) is 75.0 Å². The van der Waals surface area contributed by atoms with Crippen LogP contribution in [0.4, 0.5) is 70.2 Å². The van der Waals surface area contributed by atoms with E-state index in [2.05, 4.69) is 0 Å². The maximum absolute atomic E-state index is 14.0. The highest BCUT2D eigenvalue weighted by molar-refractivity contribution is 5.85. The first kappa shape index (κ1) is 31.6. The zero-order valence-corrected chi connectivity index (χ0v) is 17.2. The van der Waals surface area contributed by atoms with Gasteiger partial charge in [-0.15, -0.1) is 0 Å². The van der Waals surface area contributed by atoms with Crippen LogP contribution in [0.2, 0.25) is 0 Å². The Hall–Kier alpha value is -2.43. The lowest BCUT2D eigenvalue weighted by atomic mass is 9.89. The quantitative estimate of drug-likeness (QED) is 0.290. The van der Waals surface area contributed by atoms with Gasteiger partial charge in [0.15, 0.2) is 0 Å². The van der Waals surface area contributed by atoms with Gasteiger partial charge in [-0.05, 0) is 12.0 Å². The second-order valence-corrected chi connectivity index (χ2v) is 7.22. The summed E-state index contributed by atoms with van der Waals surface area (Å²) in [5, 5.41) is 1.06. The summed E-state index contributed by atoms with van der Waals surface area (Å²) in [6.07, 6.45) is -6.34. The van der Waals surface area contributed by atoms with Crippen LogP contribution in [0.1, 0.15) is 24.9 Å². The highest BCUT2D eigenvalue weighted by Crippen LogP contribution is 2.62. The Labute approximate surface area is 190 Å². The average Bonchev–Trinajstić information content (AvgIpc) is 2.76. The van der Waals surface area contributed by atoms with Crippen molar-refractivity contribution in [3.05, 3.63) is 35.9 Å². The molecule has 0 radical (unpaired) electrons. The number of amides is 1. The van der Waals surface area contributed by atoms with E-state index in [1.54, 1.807) is 0 Å². The number of benzene rings is 1. The summed E-state index contributed by atoms with van der Waals surface area (Å²) in [5.41, 5.74) is -0.120. The Morgan fingerprint density at radius 1 is 0.694 bits per heavy atom. The topological polar surface area (TPSA) is 29.1 Å². The van der Waals surface area contributed by atoms with Crippen LogP contribution in [-0.2, 0) is 4.79 Å². The normalized spacial score (nSPS) is 15.7. The third kappa shape index (κ3) is 4.43. The molecule has 0 aliphatic heterocycles. The Bertz CT molecular complexity index is 915. The first-order chi connectivity index (χ1) is 15.9. The zero-order chi connectivity index (χ0) is 28.8. The summed E-state index contributed by atoms with van der Waals surface area (Å²) in [6.45, 7) is 1.13. The highest BCUT2D eigenvalue weighted by atomic mass is 19.4. The van der Waals surface area contributed by atoms with E-state index in [-0.39, 0.29) is 5.56 Å². The van der Waals surface area contributed by atoms with Crippen LogP contribution in [0.5, 0.6) is 0 Å². The predicted octanol–water partition coefficient (Wildman–Crippen LogP) is 6.97. The van der Waals surface area contributed by atoms with Gasteiger partial charge in [-0.2, -0.15) is 61.5 Å². The van der Waals surface area contributed by atoms with E-state index in [1.165, 1.54) is 18.2 Å². The standard InChI is InChI=1S/C18H13F16NO/c1-2-9(8-6-4-3-5-7-8)35-11(36)13(23,24)15(27,28)17(31,32)18(33,34)16(29,30)14(25,26)12(21,22)10(19)20/h3-7,9-10H,2H2,1H3,(H,35,36)/t9-/m0/s1. The van der Waals surface area contributed by atoms with Crippen molar-refractivity contribution in [1.82, 2.24) is 5.32 Å². The van der Waals surface area contributed by atoms with Gasteiger partial charge in [-0.3, -0.25) is 4.79 Å². The van der Waals surface area contributed by atoms with E-state index in [4.69, 9.17) is 0 Å². The third-order valence-electron chi connectivity index (χ3n) is 4.87. The van der Waals surface area contributed by atoms with Crippen LogP contribution in [0, 0.1) is 0 Å². The predicted molar refractivity (Wildman–Crippen MR) is 88.2 cm³/mol. The molecular formula is C18H13F16NO. The van der Waals surface area contributed by atoms with Crippen molar-refractivity contribution in [3.63, 3.8) is 0 Å². The van der Waals surface area contributed by atoms with E-state index in [0.29, 0.717) is 0 Å². The lowest BCUT2D eigenvalue weighted by Crippen LogP contribution is -2.74. The van der Waals surface area contributed by atoms with Gasteiger partial charge in [0.05, 0.1) is 6.04 Å². The molecule has 0 spiro atoms. The lowest BCUT2D eigenvalue weighted by molar-refractivity contribution is -0.443. The molecule has 0 aromatic heterocycles. The van der Waals surface area contributed by atoms with Crippen molar-refractivity contribution >= 4 is 5.91 Å². The molecule has 18 heteroatoms. The monoisotopic (exact) mass is 563 g/mol. The van der Waals surface area contributed by atoms with Crippen molar-refractivity contribution in [3.8, 4) is 0 Å². The molecule has 0 bridgehead atoms. The number of rotatable bonds is 11. The van der Waals surface area contributed by atoms with Gasteiger partial charge in [-0.25, -0.2) is 8.78 Å².